The molecule has 0 aromatic heterocycles. The molecule has 25 heteroatoms. The van der Waals surface area contributed by atoms with Crippen molar-refractivity contribution < 1.29 is 107 Å². The number of hydrogen-bond acceptors (Lipinski definition) is 6. The summed E-state index contributed by atoms with van der Waals surface area (Å²) in [6.07, 6.45) is -10.6. The van der Waals surface area contributed by atoms with Crippen molar-refractivity contribution in [2.45, 2.75) is 59.8 Å². The van der Waals surface area contributed by atoms with Crippen LogP contribution in [0.2, 0.25) is 0 Å². The molecule has 1 rings (SSSR count). The van der Waals surface area contributed by atoms with Crippen molar-refractivity contribution in [3.05, 3.63) is 0 Å². The fourth-order valence-electron chi connectivity index (χ4n) is 2.23. The van der Waals surface area contributed by atoms with Crippen molar-refractivity contribution in [1.29, 1.82) is 0 Å². The zero-order valence-corrected chi connectivity index (χ0v) is 17.0. The molecule has 218 valence electrons. The van der Waals surface area contributed by atoms with E-state index < -0.39 is 86.5 Å². The van der Waals surface area contributed by atoms with Crippen molar-refractivity contribution in [1.82, 2.24) is 0 Å². The summed E-state index contributed by atoms with van der Waals surface area (Å²) in [5, 5.41) is 1.13. The minimum absolute atomic E-state index is 1.31. The highest BCUT2D eigenvalue weighted by atomic mass is 32.2. The average Bonchev–Trinajstić information content (AvgIpc) is 2.92. The van der Waals surface area contributed by atoms with Crippen molar-refractivity contribution in [2.75, 3.05) is 0 Å². The Morgan fingerprint density at radius 3 is 1.14 bits per heavy atom. The van der Waals surface area contributed by atoms with Gasteiger partial charge in [0, 0.05) is 0 Å². The number of hydrogen-bond donors (Lipinski definition) is 1. The van der Waals surface area contributed by atoms with Crippen LogP contribution in [0.15, 0.2) is 0 Å². The predicted molar refractivity (Wildman–Crippen MR) is 72.0 cm³/mol. The van der Waals surface area contributed by atoms with Crippen LogP contribution < -0.4 is 0 Å². The molecule has 0 aliphatic carbocycles. The molecule has 1 aliphatic rings. The largest absolute Gasteiger partial charge is 0.460 e. The minimum atomic E-state index is -9.06. The van der Waals surface area contributed by atoms with Crippen LogP contribution in [0.4, 0.5) is 74.6 Å². The Hall–Kier alpha value is -2.02. The standard InChI is InChI=1S/C12H5F17NO6S/c13-5(14,7(17,18)9(21,22)11(25,26)27)6(15,16)8(19,20)10(23,24)12(28,29)37(34,35)36-30(33)3(31)1-2-4(30)32/h33H,1-2H2/q+1. The van der Waals surface area contributed by atoms with Crippen LogP contribution in [-0.2, 0) is 24.0 Å². The first-order valence-corrected chi connectivity index (χ1v) is 9.52. The molecule has 1 heterocycles. The van der Waals surface area contributed by atoms with Crippen molar-refractivity contribution in [2.24, 2.45) is 0 Å². The summed E-state index contributed by atoms with van der Waals surface area (Å²) in [5.41, 5.74) is 0. The maximum atomic E-state index is 13.8. The number of hydroxylamine groups is 4. The Labute approximate surface area is 190 Å². The van der Waals surface area contributed by atoms with Gasteiger partial charge in [-0.15, -0.1) is 0 Å². The van der Waals surface area contributed by atoms with Crippen molar-refractivity contribution in [3.63, 3.8) is 0 Å². The SMILES string of the molecule is O=C1CCC(=O)[N+]1(O)OS(=O)(=O)C(F)(F)C(F)(F)C(F)(F)C(F)(F)C(F)(F)C(F)(F)C(F)(F)C(F)(F)F. The van der Waals surface area contributed by atoms with Gasteiger partial charge in [-0.05, 0) is 4.28 Å². The van der Waals surface area contributed by atoms with E-state index in [1.54, 1.807) is 0 Å². The monoisotopic (exact) mass is 614 g/mol. The summed E-state index contributed by atoms with van der Waals surface area (Å²) >= 11 is 0. The lowest BCUT2D eigenvalue weighted by molar-refractivity contribution is -1.11. The minimum Gasteiger partial charge on any atom is -0.223 e. The zero-order valence-electron chi connectivity index (χ0n) is 16.2. The highest BCUT2D eigenvalue weighted by molar-refractivity contribution is 7.87. The summed E-state index contributed by atoms with van der Waals surface area (Å²) in [6.45, 7) is 0. The van der Waals surface area contributed by atoms with Crippen LogP contribution in [0.25, 0.3) is 0 Å². The van der Waals surface area contributed by atoms with E-state index in [1.807, 2.05) is 0 Å². The van der Waals surface area contributed by atoms with E-state index in [4.69, 9.17) is 0 Å². The molecule has 0 spiro atoms. The number of nitrogens with zero attached hydrogens (tertiary/aromatic N) is 1. The molecule has 0 saturated carbocycles. The lowest BCUT2D eigenvalue weighted by atomic mass is 9.91. The number of carbonyl (C=O) groups excluding carboxylic acids is 2. The number of carbonyl (C=O) groups is 2. The van der Waals surface area contributed by atoms with Crippen LogP contribution >= 0.6 is 0 Å². The van der Waals surface area contributed by atoms with Gasteiger partial charge < -0.3 is 0 Å². The Kier molecular flexibility index (Phi) is 7.35. The van der Waals surface area contributed by atoms with E-state index in [0.29, 0.717) is 0 Å². The van der Waals surface area contributed by atoms with Gasteiger partial charge in [-0.3, -0.25) is 0 Å². The Morgan fingerprint density at radius 1 is 0.568 bits per heavy atom. The predicted octanol–water partition coefficient (Wildman–Crippen LogP) is 4.27. The van der Waals surface area contributed by atoms with Gasteiger partial charge in [-0.1, -0.05) is 0 Å². The molecule has 0 radical (unpaired) electrons. The summed E-state index contributed by atoms with van der Waals surface area (Å²) in [7, 11) is -8.28. The van der Waals surface area contributed by atoms with Crippen molar-refractivity contribution in [3.8, 4) is 0 Å². The summed E-state index contributed by atoms with van der Waals surface area (Å²) in [6, 6.07) is 0. The van der Waals surface area contributed by atoms with Crippen LogP contribution in [0.5, 0.6) is 0 Å². The van der Waals surface area contributed by atoms with E-state index in [-0.39, 0.29) is 0 Å². The number of halogens is 17. The van der Waals surface area contributed by atoms with E-state index in [9.17, 15) is 97.9 Å². The van der Waals surface area contributed by atoms with Gasteiger partial charge in [0.05, 0.1) is 12.8 Å². The molecule has 0 aromatic rings. The van der Waals surface area contributed by atoms with Gasteiger partial charge in [0.2, 0.25) is 0 Å². The van der Waals surface area contributed by atoms with E-state index in [1.165, 1.54) is 0 Å². The third-order valence-corrected chi connectivity index (χ3v) is 5.74. The first-order chi connectivity index (χ1) is 15.8. The molecule has 2 amide bonds. The van der Waals surface area contributed by atoms with Gasteiger partial charge in [-0.2, -0.15) is 88.3 Å². The van der Waals surface area contributed by atoms with Gasteiger partial charge in [0.25, 0.3) is 0 Å². The second-order valence-electron chi connectivity index (χ2n) is 6.85. The van der Waals surface area contributed by atoms with Crippen LogP contribution in [-0.4, -0.2) is 77.2 Å². The van der Waals surface area contributed by atoms with Crippen LogP contribution in [0.3, 0.4) is 0 Å². The quantitative estimate of drug-likeness (QED) is 0.181. The fourth-order valence-corrected chi connectivity index (χ4v) is 3.22. The molecule has 1 fully saturated rings. The number of rotatable bonds is 9. The maximum absolute atomic E-state index is 13.8. The maximum Gasteiger partial charge on any atom is 0.460 e. The number of amides is 2. The topological polar surface area (TPSA) is 97.7 Å². The highest BCUT2D eigenvalue weighted by Gasteiger charge is 2.96. The molecule has 0 atom stereocenters. The lowest BCUT2D eigenvalue weighted by Gasteiger charge is -2.42. The van der Waals surface area contributed by atoms with Crippen LogP contribution in [0, 0.1) is 0 Å². The first-order valence-electron chi connectivity index (χ1n) is 8.11. The fraction of sp³-hybridized carbons (Fsp3) is 0.833. The second kappa shape index (κ2) is 8.24. The molecule has 7 nitrogen and oxygen atoms in total. The second-order valence-corrected chi connectivity index (χ2v) is 8.42. The lowest BCUT2D eigenvalue weighted by Crippen LogP contribution is -2.75. The molecule has 0 aromatic carbocycles. The third-order valence-electron chi connectivity index (χ3n) is 4.44. The Balaban J connectivity index is 3.73. The molecule has 0 unspecified atom stereocenters. The van der Waals surface area contributed by atoms with E-state index in [2.05, 4.69) is 4.28 Å². The first kappa shape index (κ1) is 33.0. The van der Waals surface area contributed by atoms with Crippen LogP contribution in [0.1, 0.15) is 12.8 Å². The normalized spacial score (nSPS) is 19.5. The molecule has 1 aliphatic heterocycles. The molecule has 37 heavy (non-hydrogen) atoms. The highest BCUT2D eigenvalue weighted by Crippen LogP contribution is 2.64. The molecule has 1 N–H and O–H groups in total. The van der Waals surface area contributed by atoms with Gasteiger partial charge in [0.1, 0.15) is 4.81 Å². The number of alkyl halides is 17. The summed E-state index contributed by atoms with van der Waals surface area (Å²) in [4.78, 5) is 18.5. The van der Waals surface area contributed by atoms with E-state index >= 15 is 0 Å². The van der Waals surface area contributed by atoms with Crippen molar-refractivity contribution >= 4 is 21.9 Å². The van der Waals surface area contributed by atoms with Gasteiger partial charge in [-0.25, -0.2) is 9.59 Å². The average molecular weight is 614 g/mol. The smallest absolute Gasteiger partial charge is 0.223 e. The summed E-state index contributed by atoms with van der Waals surface area (Å²) < 4.78 is 249. The molecule has 1 saturated heterocycles. The molecule has 0 bridgehead atoms. The molecular formula is C12H5F17NO6S+. The van der Waals surface area contributed by atoms with E-state index in [0.717, 1.165) is 0 Å². The molecular weight excluding hydrogens is 609 g/mol. The Bertz CT molecular complexity index is 1050. The third kappa shape index (κ3) is 4.02. The summed E-state index contributed by atoms with van der Waals surface area (Å²) in [5.74, 6) is -57.6. The Morgan fingerprint density at radius 2 is 0.838 bits per heavy atom. The van der Waals surface area contributed by atoms with Gasteiger partial charge in [0.15, 0.2) is 0 Å². The zero-order chi connectivity index (χ0) is 30.3. The number of quaternary nitrogens is 1. The number of imide groups is 1. The van der Waals surface area contributed by atoms with Gasteiger partial charge >= 0.3 is 68.9 Å².